The van der Waals surface area contributed by atoms with Crippen molar-refractivity contribution in [2.45, 2.75) is 30.7 Å². The number of hydrogen-bond acceptors (Lipinski definition) is 7. The molecule has 0 saturated heterocycles. The Morgan fingerprint density at radius 1 is 1.18 bits per heavy atom. The van der Waals surface area contributed by atoms with Crippen molar-refractivity contribution < 1.29 is 42.0 Å². The number of carbonyl (C=O) groups is 1. The molecule has 39 heavy (non-hydrogen) atoms. The number of ether oxygens (including phenoxy) is 2. The van der Waals surface area contributed by atoms with Gasteiger partial charge in [-0.3, -0.25) is 4.79 Å². The van der Waals surface area contributed by atoms with Crippen molar-refractivity contribution in [3.8, 4) is 22.8 Å². The second-order valence-electron chi connectivity index (χ2n) is 9.61. The Balaban J connectivity index is 1.70. The average molecular weight is 550 g/mol. The van der Waals surface area contributed by atoms with Gasteiger partial charge in [0.2, 0.25) is 5.60 Å². The van der Waals surface area contributed by atoms with E-state index in [9.17, 15) is 27.5 Å². The number of alkyl halides is 3. The molecule has 3 aromatic rings. The van der Waals surface area contributed by atoms with Crippen LogP contribution < -0.4 is 20.5 Å². The summed E-state index contributed by atoms with van der Waals surface area (Å²) in [5, 5.41) is 22.0. The van der Waals surface area contributed by atoms with Gasteiger partial charge in [0.1, 0.15) is 36.2 Å². The maximum Gasteiger partial charge on any atom is 0.424 e. The number of aliphatic hydroxyl groups excluding tert-OH is 1. The number of nitrogens with zero attached hydrogens (tertiary/aromatic N) is 1. The normalized spacial score (nSPS) is 18.5. The van der Waals surface area contributed by atoms with Crippen LogP contribution in [0.4, 0.5) is 17.6 Å². The van der Waals surface area contributed by atoms with Crippen LogP contribution in [0, 0.1) is 5.82 Å². The van der Waals surface area contributed by atoms with Crippen molar-refractivity contribution >= 4 is 5.91 Å². The quantitative estimate of drug-likeness (QED) is 0.318. The summed E-state index contributed by atoms with van der Waals surface area (Å²) in [5.41, 5.74) is 1.48. The van der Waals surface area contributed by atoms with Crippen molar-refractivity contribution in [1.29, 1.82) is 0 Å². The highest BCUT2D eigenvalue weighted by Gasteiger charge is 2.57. The lowest BCUT2D eigenvalue weighted by Gasteiger charge is -2.35. The Morgan fingerprint density at radius 3 is 2.46 bits per heavy atom. The van der Waals surface area contributed by atoms with Crippen molar-refractivity contribution in [2.75, 3.05) is 26.4 Å². The van der Waals surface area contributed by atoms with Crippen LogP contribution in [-0.2, 0) is 12.0 Å². The van der Waals surface area contributed by atoms with Gasteiger partial charge in [-0.2, -0.15) is 13.2 Å². The number of nitrogens with two attached hydrogens (primary N) is 1. The van der Waals surface area contributed by atoms with Gasteiger partial charge in [0, 0.05) is 16.7 Å². The first-order valence-electron chi connectivity index (χ1n) is 12.0. The molecule has 1 aromatic heterocycles. The van der Waals surface area contributed by atoms with E-state index in [4.69, 9.17) is 20.3 Å². The molecule has 8 nitrogen and oxygen atoms in total. The van der Waals surface area contributed by atoms with E-state index in [-0.39, 0.29) is 54.4 Å². The van der Waals surface area contributed by atoms with Crippen molar-refractivity contribution in [3.63, 3.8) is 0 Å². The molecule has 0 bridgehead atoms. The van der Waals surface area contributed by atoms with Gasteiger partial charge in [0.15, 0.2) is 0 Å². The van der Waals surface area contributed by atoms with E-state index in [1.54, 1.807) is 6.92 Å². The standard InChI is InChI=1S/C27H27F4N3O5/c1-25(32)13-18-12-21(34-22(23(18)39-15-25)16-2-6-19(28)7-3-16)26(37,27(29,30)31)14-33-24(36)17-4-8-20(9-5-17)38-11-10-35/h2-9,12,35,37H,10-11,13-15,32H2,1H3,(H,33,36). The van der Waals surface area contributed by atoms with Crippen LogP contribution in [0.5, 0.6) is 11.5 Å². The number of carbonyl (C=O) groups excluding carboxylic acids is 1. The first kappa shape index (κ1) is 28.3. The van der Waals surface area contributed by atoms with E-state index in [0.717, 1.165) is 18.2 Å². The predicted molar refractivity (Wildman–Crippen MR) is 133 cm³/mol. The van der Waals surface area contributed by atoms with Gasteiger partial charge in [-0.25, -0.2) is 9.37 Å². The molecule has 2 atom stereocenters. The number of nitrogens with one attached hydrogen (secondary N) is 1. The Bertz CT molecular complexity index is 1330. The van der Waals surface area contributed by atoms with E-state index in [1.807, 2.05) is 0 Å². The maximum absolute atomic E-state index is 14.4. The molecule has 2 aromatic carbocycles. The van der Waals surface area contributed by atoms with Crippen LogP contribution in [0.3, 0.4) is 0 Å². The number of aromatic nitrogens is 1. The van der Waals surface area contributed by atoms with Crippen molar-refractivity contribution in [3.05, 3.63) is 77.2 Å². The molecule has 1 aliphatic heterocycles. The van der Waals surface area contributed by atoms with E-state index in [0.29, 0.717) is 5.75 Å². The van der Waals surface area contributed by atoms with Gasteiger partial charge in [0.05, 0.1) is 24.4 Å². The summed E-state index contributed by atoms with van der Waals surface area (Å²) >= 11 is 0. The maximum atomic E-state index is 14.4. The van der Waals surface area contributed by atoms with Crippen molar-refractivity contribution in [2.24, 2.45) is 5.73 Å². The van der Waals surface area contributed by atoms with Gasteiger partial charge in [-0.05, 0) is 67.9 Å². The molecule has 2 unspecified atom stereocenters. The number of aliphatic hydroxyl groups is 2. The second kappa shape index (κ2) is 10.8. The zero-order chi connectivity index (χ0) is 28.4. The highest BCUT2D eigenvalue weighted by atomic mass is 19.4. The Labute approximate surface area is 221 Å². The van der Waals surface area contributed by atoms with E-state index in [1.165, 1.54) is 36.4 Å². The fourth-order valence-electron chi connectivity index (χ4n) is 4.13. The SMILES string of the molecule is CC1(N)COc2c(cc(C(O)(CNC(=O)c3ccc(OCCO)cc3)C(F)(F)F)nc2-c2ccc(F)cc2)C1. The monoisotopic (exact) mass is 549 g/mol. The molecule has 12 heteroatoms. The van der Waals surface area contributed by atoms with E-state index < -0.39 is 41.3 Å². The third kappa shape index (κ3) is 6.13. The summed E-state index contributed by atoms with van der Waals surface area (Å²) < 4.78 is 67.7. The highest BCUT2D eigenvalue weighted by Crippen LogP contribution is 2.43. The van der Waals surface area contributed by atoms with Crippen LogP contribution in [-0.4, -0.2) is 59.2 Å². The molecule has 1 amide bonds. The molecule has 0 saturated carbocycles. The van der Waals surface area contributed by atoms with Crippen LogP contribution in [0.1, 0.15) is 28.5 Å². The van der Waals surface area contributed by atoms with Crippen LogP contribution >= 0.6 is 0 Å². The average Bonchev–Trinajstić information content (AvgIpc) is 2.89. The molecule has 0 spiro atoms. The lowest BCUT2D eigenvalue weighted by atomic mass is 9.88. The summed E-state index contributed by atoms with van der Waals surface area (Å²) in [6.07, 6.45) is -5.12. The van der Waals surface area contributed by atoms with E-state index in [2.05, 4.69) is 10.3 Å². The smallest absolute Gasteiger partial charge is 0.424 e. The van der Waals surface area contributed by atoms with Gasteiger partial charge in [-0.15, -0.1) is 0 Å². The Morgan fingerprint density at radius 2 is 1.85 bits per heavy atom. The second-order valence-corrected chi connectivity index (χ2v) is 9.61. The third-order valence-electron chi connectivity index (χ3n) is 6.18. The lowest BCUT2D eigenvalue weighted by molar-refractivity contribution is -0.265. The summed E-state index contributed by atoms with van der Waals surface area (Å²) in [4.78, 5) is 16.8. The number of fused-ring (bicyclic) bond motifs is 1. The Hall–Kier alpha value is -3.74. The summed E-state index contributed by atoms with van der Waals surface area (Å²) in [5.74, 6) is -0.888. The molecule has 2 heterocycles. The lowest BCUT2D eigenvalue weighted by Crippen LogP contribution is -2.52. The molecule has 1 aliphatic rings. The molecule has 208 valence electrons. The summed E-state index contributed by atoms with van der Waals surface area (Å²) in [7, 11) is 0. The van der Waals surface area contributed by atoms with Gasteiger partial charge >= 0.3 is 6.18 Å². The van der Waals surface area contributed by atoms with Gasteiger partial charge in [-0.1, -0.05) is 0 Å². The minimum atomic E-state index is -5.24. The topological polar surface area (TPSA) is 127 Å². The van der Waals surface area contributed by atoms with Crippen LogP contribution in [0.15, 0.2) is 54.6 Å². The number of hydrogen-bond donors (Lipinski definition) is 4. The molecular formula is C27H27F4N3O5. The number of halogens is 4. The summed E-state index contributed by atoms with van der Waals surface area (Å²) in [6, 6.07) is 11.5. The zero-order valence-electron chi connectivity index (χ0n) is 20.9. The van der Waals surface area contributed by atoms with E-state index >= 15 is 0 Å². The Kier molecular flexibility index (Phi) is 7.82. The molecule has 5 N–H and O–H groups in total. The molecule has 0 fully saturated rings. The van der Waals surface area contributed by atoms with Crippen LogP contribution in [0.2, 0.25) is 0 Å². The first-order chi connectivity index (χ1) is 18.3. The minimum absolute atomic E-state index is 0.0218. The largest absolute Gasteiger partial charge is 0.491 e. The third-order valence-corrected chi connectivity index (χ3v) is 6.18. The highest BCUT2D eigenvalue weighted by molar-refractivity contribution is 5.94. The molecule has 0 aliphatic carbocycles. The van der Waals surface area contributed by atoms with Gasteiger partial charge < -0.3 is 30.7 Å². The predicted octanol–water partition coefficient (Wildman–Crippen LogP) is 3.09. The fourth-order valence-corrected chi connectivity index (χ4v) is 4.13. The number of amides is 1. The zero-order valence-corrected chi connectivity index (χ0v) is 20.9. The molecular weight excluding hydrogens is 522 g/mol. The fraction of sp³-hybridized carbons (Fsp3) is 0.333. The minimum Gasteiger partial charge on any atom is -0.491 e. The summed E-state index contributed by atoms with van der Waals surface area (Å²) in [6.45, 7) is 0.316. The number of pyridine rings is 1. The van der Waals surface area contributed by atoms with Gasteiger partial charge in [0.25, 0.3) is 5.91 Å². The number of rotatable bonds is 8. The number of benzene rings is 2. The first-order valence-corrected chi connectivity index (χ1v) is 12.0. The molecule has 0 radical (unpaired) electrons. The van der Waals surface area contributed by atoms with Crippen molar-refractivity contribution in [1.82, 2.24) is 10.3 Å². The van der Waals surface area contributed by atoms with Crippen LogP contribution in [0.25, 0.3) is 11.3 Å². The molecule has 4 rings (SSSR count).